The molecule has 5 heteroatoms. The van der Waals surface area contributed by atoms with Crippen LogP contribution in [0.15, 0.2) is 0 Å². The highest BCUT2D eigenvalue weighted by molar-refractivity contribution is 5.79. The number of rotatable bonds is 2. The summed E-state index contributed by atoms with van der Waals surface area (Å²) in [6.45, 7) is 2.31. The molecule has 1 amide bonds. The third-order valence-electron chi connectivity index (χ3n) is 3.30. The molecule has 2 atom stereocenters. The van der Waals surface area contributed by atoms with Gasteiger partial charge in [-0.15, -0.1) is 0 Å². The van der Waals surface area contributed by atoms with Gasteiger partial charge in [-0.05, 0) is 19.4 Å². The van der Waals surface area contributed by atoms with Gasteiger partial charge in [-0.2, -0.15) is 0 Å². The Labute approximate surface area is 87.8 Å². The Kier molecular flexibility index (Phi) is 3.19. The van der Waals surface area contributed by atoms with E-state index in [0.29, 0.717) is 19.5 Å². The van der Waals surface area contributed by atoms with Crippen LogP contribution in [0.3, 0.4) is 0 Å². The van der Waals surface area contributed by atoms with Crippen molar-refractivity contribution in [2.45, 2.75) is 19.3 Å². The fraction of sp³-hybridized carbons (Fsp3) is 0.900. The van der Waals surface area contributed by atoms with Crippen LogP contribution in [0.1, 0.15) is 12.8 Å². The molecule has 0 radical (unpaired) electrons. The Morgan fingerprint density at radius 3 is 2.73 bits per heavy atom. The first-order valence-electron chi connectivity index (χ1n) is 5.46. The smallest absolute Gasteiger partial charge is 0.243 e. The van der Waals surface area contributed by atoms with E-state index in [1.807, 2.05) is 0 Å². The Balaban J connectivity index is 1.87. The molecule has 0 saturated carbocycles. The van der Waals surface area contributed by atoms with Crippen LogP contribution >= 0.6 is 0 Å². The molecule has 0 aromatic heterocycles. The number of nitrogens with zero attached hydrogens (tertiary/aromatic N) is 1. The SMILES string of the molecule is O=C(C1CCNC1)N1CCC(C(F)F)C1. The standard InChI is InChI=1S/C10H16F2N2O/c11-9(12)8-2-4-14(6-8)10(15)7-1-3-13-5-7/h7-9,13H,1-6H2. The van der Waals surface area contributed by atoms with Crippen LogP contribution in [0.5, 0.6) is 0 Å². The molecule has 0 aliphatic carbocycles. The molecule has 2 heterocycles. The Morgan fingerprint density at radius 1 is 1.40 bits per heavy atom. The average Bonchev–Trinajstić information content (AvgIpc) is 2.88. The molecule has 2 fully saturated rings. The molecule has 86 valence electrons. The Hall–Kier alpha value is -0.710. The van der Waals surface area contributed by atoms with E-state index in [2.05, 4.69) is 5.32 Å². The molecule has 3 nitrogen and oxygen atoms in total. The van der Waals surface area contributed by atoms with Crippen molar-refractivity contribution >= 4 is 5.91 Å². The third-order valence-corrected chi connectivity index (χ3v) is 3.30. The van der Waals surface area contributed by atoms with E-state index >= 15 is 0 Å². The quantitative estimate of drug-likeness (QED) is 0.740. The summed E-state index contributed by atoms with van der Waals surface area (Å²) in [6.07, 6.45) is -0.998. The van der Waals surface area contributed by atoms with Crippen molar-refractivity contribution < 1.29 is 13.6 Å². The van der Waals surface area contributed by atoms with Gasteiger partial charge >= 0.3 is 0 Å². The van der Waals surface area contributed by atoms with E-state index in [9.17, 15) is 13.6 Å². The average molecular weight is 218 g/mol. The fourth-order valence-electron chi connectivity index (χ4n) is 2.32. The summed E-state index contributed by atoms with van der Waals surface area (Å²) in [5.41, 5.74) is 0. The summed E-state index contributed by atoms with van der Waals surface area (Å²) in [5, 5.41) is 3.12. The number of carbonyl (C=O) groups excluding carboxylic acids is 1. The van der Waals surface area contributed by atoms with Crippen molar-refractivity contribution in [1.29, 1.82) is 0 Å². The highest BCUT2D eigenvalue weighted by Crippen LogP contribution is 2.25. The monoisotopic (exact) mass is 218 g/mol. The second-order valence-electron chi connectivity index (χ2n) is 4.36. The van der Waals surface area contributed by atoms with Crippen LogP contribution in [0.2, 0.25) is 0 Å². The summed E-state index contributed by atoms with van der Waals surface area (Å²) < 4.78 is 24.8. The first-order chi connectivity index (χ1) is 7.18. The molecule has 2 saturated heterocycles. The van der Waals surface area contributed by atoms with Crippen molar-refractivity contribution in [3.05, 3.63) is 0 Å². The highest BCUT2D eigenvalue weighted by Gasteiger charge is 2.35. The van der Waals surface area contributed by atoms with E-state index in [4.69, 9.17) is 0 Å². The van der Waals surface area contributed by atoms with Gasteiger partial charge in [0.1, 0.15) is 0 Å². The molecule has 2 unspecified atom stereocenters. The molecule has 0 aromatic rings. The molecular formula is C10H16F2N2O. The van der Waals surface area contributed by atoms with E-state index in [0.717, 1.165) is 13.0 Å². The summed E-state index contributed by atoms with van der Waals surface area (Å²) in [5.74, 6) is -0.534. The summed E-state index contributed by atoms with van der Waals surface area (Å²) >= 11 is 0. The largest absolute Gasteiger partial charge is 0.342 e. The topological polar surface area (TPSA) is 32.3 Å². The van der Waals surface area contributed by atoms with Crippen LogP contribution < -0.4 is 5.32 Å². The number of carbonyl (C=O) groups is 1. The predicted molar refractivity (Wildman–Crippen MR) is 51.7 cm³/mol. The van der Waals surface area contributed by atoms with E-state index in [-0.39, 0.29) is 18.4 Å². The minimum absolute atomic E-state index is 0.0152. The van der Waals surface area contributed by atoms with Crippen molar-refractivity contribution in [1.82, 2.24) is 10.2 Å². The fourth-order valence-corrected chi connectivity index (χ4v) is 2.32. The van der Waals surface area contributed by atoms with Gasteiger partial charge in [0.15, 0.2) is 0 Å². The second-order valence-corrected chi connectivity index (χ2v) is 4.36. The normalized spacial score (nSPS) is 31.5. The van der Waals surface area contributed by atoms with E-state index < -0.39 is 12.3 Å². The summed E-state index contributed by atoms with van der Waals surface area (Å²) in [6, 6.07) is 0. The first kappa shape index (κ1) is 10.8. The van der Waals surface area contributed by atoms with Gasteiger partial charge in [-0.1, -0.05) is 0 Å². The minimum atomic E-state index is -2.29. The van der Waals surface area contributed by atoms with Gasteiger partial charge in [-0.3, -0.25) is 4.79 Å². The molecule has 15 heavy (non-hydrogen) atoms. The summed E-state index contributed by atoms with van der Waals surface area (Å²) in [4.78, 5) is 13.5. The van der Waals surface area contributed by atoms with Crippen molar-refractivity contribution in [2.75, 3.05) is 26.2 Å². The molecule has 2 aliphatic heterocycles. The molecule has 1 N–H and O–H groups in total. The molecule has 0 spiro atoms. The predicted octanol–water partition coefficient (Wildman–Crippen LogP) is 0.710. The third kappa shape index (κ3) is 2.27. The van der Waals surface area contributed by atoms with Gasteiger partial charge in [0.05, 0.1) is 5.92 Å². The van der Waals surface area contributed by atoms with Crippen molar-refractivity contribution in [2.24, 2.45) is 11.8 Å². The van der Waals surface area contributed by atoms with E-state index in [1.54, 1.807) is 4.90 Å². The number of alkyl halides is 2. The zero-order valence-corrected chi connectivity index (χ0v) is 8.59. The number of hydrogen-bond acceptors (Lipinski definition) is 2. The van der Waals surface area contributed by atoms with Gasteiger partial charge in [0.2, 0.25) is 12.3 Å². The van der Waals surface area contributed by atoms with Crippen molar-refractivity contribution in [3.63, 3.8) is 0 Å². The second kappa shape index (κ2) is 4.43. The van der Waals surface area contributed by atoms with Crippen LogP contribution in [-0.4, -0.2) is 43.4 Å². The zero-order chi connectivity index (χ0) is 10.8. The zero-order valence-electron chi connectivity index (χ0n) is 8.59. The molecule has 0 aromatic carbocycles. The van der Waals surface area contributed by atoms with Crippen LogP contribution in [0.4, 0.5) is 8.78 Å². The lowest BCUT2D eigenvalue weighted by atomic mass is 10.1. The van der Waals surface area contributed by atoms with Crippen LogP contribution in [-0.2, 0) is 4.79 Å². The van der Waals surface area contributed by atoms with Crippen LogP contribution in [0, 0.1) is 11.8 Å². The Bertz CT molecular complexity index is 242. The van der Waals surface area contributed by atoms with Gasteiger partial charge in [0.25, 0.3) is 0 Å². The lowest BCUT2D eigenvalue weighted by molar-refractivity contribution is -0.134. The maximum absolute atomic E-state index is 12.4. The lowest BCUT2D eigenvalue weighted by Crippen LogP contribution is -2.35. The van der Waals surface area contributed by atoms with Crippen LogP contribution in [0.25, 0.3) is 0 Å². The lowest BCUT2D eigenvalue weighted by Gasteiger charge is -2.19. The van der Waals surface area contributed by atoms with Gasteiger partial charge in [0, 0.05) is 25.6 Å². The molecule has 0 bridgehead atoms. The molecule has 2 aliphatic rings. The Morgan fingerprint density at radius 2 is 2.20 bits per heavy atom. The maximum atomic E-state index is 12.4. The number of nitrogens with one attached hydrogen (secondary N) is 1. The first-order valence-corrected chi connectivity index (χ1v) is 5.46. The van der Waals surface area contributed by atoms with E-state index in [1.165, 1.54) is 0 Å². The highest BCUT2D eigenvalue weighted by atomic mass is 19.3. The molecule has 2 rings (SSSR count). The summed E-state index contributed by atoms with van der Waals surface area (Å²) in [7, 11) is 0. The van der Waals surface area contributed by atoms with Gasteiger partial charge < -0.3 is 10.2 Å². The number of amides is 1. The minimum Gasteiger partial charge on any atom is -0.342 e. The number of hydrogen-bond donors (Lipinski definition) is 1. The van der Waals surface area contributed by atoms with Gasteiger partial charge in [-0.25, -0.2) is 8.78 Å². The maximum Gasteiger partial charge on any atom is 0.243 e. The molecular weight excluding hydrogens is 202 g/mol. The number of likely N-dealkylation sites (tertiary alicyclic amines) is 1. The van der Waals surface area contributed by atoms with Crippen molar-refractivity contribution in [3.8, 4) is 0 Å². The number of halogens is 2.